The average molecular weight is 608 g/mol. The molecule has 0 aromatic heterocycles. The first kappa shape index (κ1) is 36.5. The third kappa shape index (κ3) is 12.1. The van der Waals surface area contributed by atoms with Crippen LogP contribution < -0.4 is 21.3 Å². The first-order valence-electron chi connectivity index (χ1n) is 16.0. The van der Waals surface area contributed by atoms with Crippen LogP contribution >= 0.6 is 0 Å². The van der Waals surface area contributed by atoms with E-state index in [0.29, 0.717) is 49.6 Å². The lowest BCUT2D eigenvalue weighted by atomic mass is 10.0. The van der Waals surface area contributed by atoms with Crippen LogP contribution in [-0.4, -0.2) is 72.8 Å². The van der Waals surface area contributed by atoms with Crippen LogP contribution in [0.5, 0.6) is 0 Å². The van der Waals surface area contributed by atoms with Gasteiger partial charge in [0.05, 0.1) is 6.04 Å². The minimum atomic E-state index is -0.647. The second-order valence-electron chi connectivity index (χ2n) is 12.2. The van der Waals surface area contributed by atoms with Gasteiger partial charge in [-0.3, -0.25) is 19.2 Å². The number of amides is 4. The van der Waals surface area contributed by atoms with E-state index >= 15 is 0 Å². The zero-order valence-electron chi connectivity index (χ0n) is 27.6. The molecule has 0 aliphatic heterocycles. The molecule has 2 rings (SSSR count). The molecule has 3 atom stereocenters. The number of hydrogen-bond acceptors (Lipinski definition) is 5. The van der Waals surface area contributed by atoms with Gasteiger partial charge < -0.3 is 26.2 Å². The van der Waals surface area contributed by atoms with E-state index in [1.807, 2.05) is 76.8 Å². The highest BCUT2D eigenvalue weighted by atomic mass is 16.2. The fourth-order valence-electron chi connectivity index (χ4n) is 4.81. The van der Waals surface area contributed by atoms with Crippen LogP contribution in [0.2, 0.25) is 0 Å². The summed E-state index contributed by atoms with van der Waals surface area (Å²) in [5, 5.41) is 12.1. The molecule has 0 heterocycles. The SMILES string of the molecule is CCCN(CCC)C(=O)c1cccc(C(=O)NC(CNC(C)C(=O)NC(C(=O)NCC(C)C)C(C)C)Cc2ccccc2)c1. The Morgan fingerprint density at radius 2 is 1.39 bits per heavy atom. The van der Waals surface area contributed by atoms with Gasteiger partial charge in [-0.15, -0.1) is 0 Å². The molecule has 0 saturated heterocycles. The summed E-state index contributed by atoms with van der Waals surface area (Å²) < 4.78 is 0. The molecule has 0 aliphatic carbocycles. The molecular weight excluding hydrogens is 554 g/mol. The first-order chi connectivity index (χ1) is 21.0. The lowest BCUT2D eigenvalue weighted by Crippen LogP contribution is -2.55. The Morgan fingerprint density at radius 3 is 1.98 bits per heavy atom. The molecule has 9 nitrogen and oxygen atoms in total. The smallest absolute Gasteiger partial charge is 0.253 e. The summed E-state index contributed by atoms with van der Waals surface area (Å²) in [5.41, 5.74) is 1.93. The number of nitrogens with one attached hydrogen (secondary N) is 4. The maximum Gasteiger partial charge on any atom is 0.253 e. The van der Waals surface area contributed by atoms with Crippen molar-refractivity contribution >= 4 is 23.6 Å². The highest BCUT2D eigenvalue weighted by Crippen LogP contribution is 2.12. The van der Waals surface area contributed by atoms with E-state index in [9.17, 15) is 19.2 Å². The summed E-state index contributed by atoms with van der Waals surface area (Å²) in [6.45, 7) is 15.9. The molecule has 2 aromatic carbocycles. The Morgan fingerprint density at radius 1 is 0.750 bits per heavy atom. The molecular formula is C35H53N5O4. The zero-order chi connectivity index (χ0) is 32.6. The molecule has 0 fully saturated rings. The lowest BCUT2D eigenvalue weighted by Gasteiger charge is -2.26. The third-order valence-corrected chi connectivity index (χ3v) is 7.30. The maximum atomic E-state index is 13.4. The van der Waals surface area contributed by atoms with Gasteiger partial charge in [-0.1, -0.05) is 77.9 Å². The Balaban J connectivity index is 2.13. The van der Waals surface area contributed by atoms with Gasteiger partial charge in [-0.2, -0.15) is 0 Å². The van der Waals surface area contributed by atoms with Crippen molar-refractivity contribution in [3.05, 3.63) is 71.3 Å². The summed E-state index contributed by atoms with van der Waals surface area (Å²) in [7, 11) is 0. The normalized spacial score (nSPS) is 13.2. The van der Waals surface area contributed by atoms with Crippen LogP contribution in [-0.2, 0) is 16.0 Å². The monoisotopic (exact) mass is 607 g/mol. The highest BCUT2D eigenvalue weighted by Gasteiger charge is 2.27. The summed E-state index contributed by atoms with van der Waals surface area (Å²) in [5.74, 6) is -0.636. The molecule has 0 spiro atoms. The van der Waals surface area contributed by atoms with Crippen molar-refractivity contribution in [1.29, 1.82) is 0 Å². The first-order valence-corrected chi connectivity index (χ1v) is 16.0. The zero-order valence-corrected chi connectivity index (χ0v) is 27.6. The average Bonchev–Trinajstić information content (AvgIpc) is 3.00. The van der Waals surface area contributed by atoms with E-state index in [0.717, 1.165) is 18.4 Å². The summed E-state index contributed by atoms with van der Waals surface area (Å²) >= 11 is 0. The van der Waals surface area contributed by atoms with Crippen molar-refractivity contribution in [2.75, 3.05) is 26.2 Å². The molecule has 242 valence electrons. The van der Waals surface area contributed by atoms with Crippen molar-refractivity contribution < 1.29 is 19.2 Å². The van der Waals surface area contributed by atoms with Crippen molar-refractivity contribution in [3.8, 4) is 0 Å². The van der Waals surface area contributed by atoms with Gasteiger partial charge in [-0.05, 0) is 61.8 Å². The minimum Gasteiger partial charge on any atom is -0.354 e. The minimum absolute atomic E-state index is 0.0803. The van der Waals surface area contributed by atoms with Gasteiger partial charge in [0.1, 0.15) is 6.04 Å². The Bertz CT molecular complexity index is 1190. The van der Waals surface area contributed by atoms with Crippen LogP contribution in [0.3, 0.4) is 0 Å². The number of benzene rings is 2. The van der Waals surface area contributed by atoms with Crippen LogP contribution in [0, 0.1) is 11.8 Å². The second-order valence-corrected chi connectivity index (χ2v) is 12.2. The number of nitrogens with zero attached hydrogens (tertiary/aromatic N) is 1. The Labute approximate surface area is 263 Å². The molecule has 4 amide bonds. The fourth-order valence-corrected chi connectivity index (χ4v) is 4.81. The predicted octanol–water partition coefficient (Wildman–Crippen LogP) is 4.18. The second kappa shape index (κ2) is 18.8. The molecule has 9 heteroatoms. The number of hydrogen-bond donors (Lipinski definition) is 4. The van der Waals surface area contributed by atoms with Crippen molar-refractivity contribution in [3.63, 3.8) is 0 Å². The van der Waals surface area contributed by atoms with Gasteiger partial charge in [0.15, 0.2) is 0 Å². The standard InChI is InChI=1S/C35H53N5O4/c1-8-18-40(19-9-2)35(44)29-17-13-16-28(21-29)33(42)38-30(20-27-14-11-10-12-15-27)23-36-26(7)32(41)39-31(25(5)6)34(43)37-22-24(3)4/h10-17,21,24-26,30-31,36H,8-9,18-20,22-23H2,1-7H3,(H,37,43)(H,38,42)(H,39,41). The Hall–Kier alpha value is -3.72. The topological polar surface area (TPSA) is 120 Å². The number of carbonyl (C=O) groups is 4. The molecule has 0 bridgehead atoms. The van der Waals surface area contributed by atoms with Gasteiger partial charge in [0, 0.05) is 43.3 Å². The summed E-state index contributed by atoms with van der Waals surface area (Å²) in [6, 6.07) is 15.1. The van der Waals surface area contributed by atoms with Crippen LogP contribution in [0.4, 0.5) is 0 Å². The molecule has 44 heavy (non-hydrogen) atoms. The summed E-state index contributed by atoms with van der Waals surface area (Å²) in [6.07, 6.45) is 2.26. The molecule has 0 radical (unpaired) electrons. The molecule has 0 saturated carbocycles. The van der Waals surface area contributed by atoms with E-state index in [2.05, 4.69) is 21.3 Å². The predicted molar refractivity (Wildman–Crippen MR) is 176 cm³/mol. The lowest BCUT2D eigenvalue weighted by molar-refractivity contribution is -0.131. The number of rotatable bonds is 18. The van der Waals surface area contributed by atoms with Gasteiger partial charge >= 0.3 is 0 Å². The third-order valence-electron chi connectivity index (χ3n) is 7.30. The van der Waals surface area contributed by atoms with E-state index < -0.39 is 12.1 Å². The van der Waals surface area contributed by atoms with Crippen LogP contribution in [0.1, 0.15) is 87.6 Å². The van der Waals surface area contributed by atoms with E-state index in [-0.39, 0.29) is 35.6 Å². The quantitative estimate of drug-likeness (QED) is 0.203. The largest absolute Gasteiger partial charge is 0.354 e. The molecule has 2 aromatic rings. The van der Waals surface area contributed by atoms with Crippen molar-refractivity contribution in [2.24, 2.45) is 11.8 Å². The number of carbonyl (C=O) groups excluding carboxylic acids is 4. The van der Waals surface area contributed by atoms with Gasteiger partial charge in [-0.25, -0.2) is 0 Å². The van der Waals surface area contributed by atoms with Crippen molar-refractivity contribution in [1.82, 2.24) is 26.2 Å². The Kier molecular flexibility index (Phi) is 15.6. The van der Waals surface area contributed by atoms with Gasteiger partial charge in [0.2, 0.25) is 11.8 Å². The summed E-state index contributed by atoms with van der Waals surface area (Å²) in [4.78, 5) is 54.2. The molecule has 4 N–H and O–H groups in total. The maximum absolute atomic E-state index is 13.4. The van der Waals surface area contributed by atoms with E-state index in [4.69, 9.17) is 0 Å². The van der Waals surface area contributed by atoms with Crippen molar-refractivity contribution in [2.45, 2.75) is 85.9 Å². The van der Waals surface area contributed by atoms with Crippen LogP contribution in [0.25, 0.3) is 0 Å². The van der Waals surface area contributed by atoms with Gasteiger partial charge in [0.25, 0.3) is 11.8 Å². The van der Waals surface area contributed by atoms with Crippen LogP contribution in [0.15, 0.2) is 54.6 Å². The van der Waals surface area contributed by atoms with E-state index in [1.165, 1.54) is 0 Å². The molecule has 0 aliphatic rings. The van der Waals surface area contributed by atoms with E-state index in [1.54, 1.807) is 31.2 Å². The molecule has 3 unspecified atom stereocenters. The fraction of sp³-hybridized carbons (Fsp3) is 0.543. The highest BCUT2D eigenvalue weighted by molar-refractivity contribution is 5.99.